The Bertz CT molecular complexity index is 852. The topological polar surface area (TPSA) is 88.7 Å². The summed E-state index contributed by atoms with van der Waals surface area (Å²) in [5, 5.41) is 7.96. The molecule has 0 fully saturated rings. The van der Waals surface area contributed by atoms with Gasteiger partial charge in [-0.3, -0.25) is 4.79 Å². The van der Waals surface area contributed by atoms with Gasteiger partial charge in [-0.05, 0) is 25.5 Å². The van der Waals surface area contributed by atoms with Crippen LogP contribution in [0.1, 0.15) is 25.0 Å². The third kappa shape index (κ3) is 6.14. The maximum absolute atomic E-state index is 11.9. The standard InChI is InChI=1S/C22H27N3O4/c1-22(2)13-17-9-6-10-18(20(17)29-22)28-12-11-23-19(26)15-25-21(27)24-14-16-7-4-3-5-8-16/h3-10H,11-15H2,1-2H3,(H,23,26)(H2,24,25,27). The number of amides is 3. The summed E-state index contributed by atoms with van der Waals surface area (Å²) in [6.45, 7) is 5.03. The summed E-state index contributed by atoms with van der Waals surface area (Å²) in [6, 6.07) is 15.0. The summed E-state index contributed by atoms with van der Waals surface area (Å²) >= 11 is 0. The zero-order valence-corrected chi connectivity index (χ0v) is 16.8. The number of hydrogen-bond donors (Lipinski definition) is 3. The van der Waals surface area contributed by atoms with Crippen molar-refractivity contribution in [2.24, 2.45) is 0 Å². The van der Waals surface area contributed by atoms with Gasteiger partial charge >= 0.3 is 6.03 Å². The number of urea groups is 1. The highest BCUT2D eigenvalue weighted by molar-refractivity contribution is 5.83. The SMILES string of the molecule is CC1(C)Cc2cccc(OCCNC(=O)CNC(=O)NCc3ccccc3)c2O1. The van der Waals surface area contributed by atoms with E-state index in [0.29, 0.717) is 25.4 Å². The van der Waals surface area contributed by atoms with Gasteiger partial charge in [0.1, 0.15) is 12.2 Å². The zero-order valence-electron chi connectivity index (χ0n) is 16.8. The minimum absolute atomic E-state index is 0.0986. The first-order chi connectivity index (χ1) is 13.9. The number of nitrogens with one attached hydrogen (secondary N) is 3. The Labute approximate surface area is 170 Å². The average Bonchev–Trinajstić information content (AvgIpc) is 3.03. The van der Waals surface area contributed by atoms with Crippen LogP contribution in [0.5, 0.6) is 11.5 Å². The molecule has 154 valence electrons. The Morgan fingerprint density at radius 2 is 1.83 bits per heavy atom. The summed E-state index contributed by atoms with van der Waals surface area (Å²) in [4.78, 5) is 23.6. The molecule has 29 heavy (non-hydrogen) atoms. The second kappa shape index (κ2) is 9.32. The van der Waals surface area contributed by atoms with Crippen molar-refractivity contribution in [1.82, 2.24) is 16.0 Å². The molecule has 0 radical (unpaired) electrons. The Morgan fingerprint density at radius 3 is 2.62 bits per heavy atom. The van der Waals surface area contributed by atoms with Gasteiger partial charge in [-0.1, -0.05) is 42.5 Å². The van der Waals surface area contributed by atoms with E-state index in [4.69, 9.17) is 9.47 Å². The van der Waals surface area contributed by atoms with Gasteiger partial charge in [-0.15, -0.1) is 0 Å². The molecule has 0 atom stereocenters. The normalized spacial score (nSPS) is 13.7. The number of fused-ring (bicyclic) bond motifs is 1. The van der Waals surface area contributed by atoms with Crippen LogP contribution >= 0.6 is 0 Å². The molecule has 1 heterocycles. The van der Waals surface area contributed by atoms with Gasteiger partial charge in [-0.2, -0.15) is 0 Å². The third-order valence-electron chi connectivity index (χ3n) is 4.44. The van der Waals surface area contributed by atoms with E-state index in [1.807, 2.05) is 62.4 Å². The number of hydrogen-bond acceptors (Lipinski definition) is 4. The maximum Gasteiger partial charge on any atom is 0.315 e. The van der Waals surface area contributed by atoms with Gasteiger partial charge in [0.15, 0.2) is 11.5 Å². The number of ether oxygens (including phenoxy) is 2. The molecule has 7 nitrogen and oxygen atoms in total. The van der Waals surface area contributed by atoms with E-state index in [1.165, 1.54) is 0 Å². The summed E-state index contributed by atoms with van der Waals surface area (Å²) in [5.41, 5.74) is 1.88. The fraction of sp³-hybridized carbons (Fsp3) is 0.364. The van der Waals surface area contributed by atoms with Crippen molar-refractivity contribution < 1.29 is 19.1 Å². The summed E-state index contributed by atoms with van der Waals surface area (Å²) in [5.74, 6) is 1.18. The highest BCUT2D eigenvalue weighted by atomic mass is 16.5. The summed E-state index contributed by atoms with van der Waals surface area (Å²) in [7, 11) is 0. The van der Waals surface area contributed by atoms with Crippen molar-refractivity contribution in [2.75, 3.05) is 19.7 Å². The minimum atomic E-state index is -0.389. The van der Waals surface area contributed by atoms with Gasteiger partial charge < -0.3 is 25.4 Å². The molecule has 0 aromatic heterocycles. The second-order valence-electron chi connectivity index (χ2n) is 7.50. The molecule has 0 bridgehead atoms. The predicted octanol–water partition coefficient (Wildman–Crippen LogP) is 2.39. The quantitative estimate of drug-likeness (QED) is 0.597. The van der Waals surface area contributed by atoms with Crippen LogP contribution < -0.4 is 25.4 Å². The highest BCUT2D eigenvalue weighted by Gasteiger charge is 2.32. The van der Waals surface area contributed by atoms with Crippen LogP contribution in [0.15, 0.2) is 48.5 Å². The molecular formula is C22H27N3O4. The van der Waals surface area contributed by atoms with E-state index in [0.717, 1.165) is 23.3 Å². The molecule has 1 aliphatic heterocycles. The van der Waals surface area contributed by atoms with Crippen molar-refractivity contribution in [3.8, 4) is 11.5 Å². The number of benzene rings is 2. The van der Waals surface area contributed by atoms with E-state index in [-0.39, 0.29) is 24.1 Å². The Morgan fingerprint density at radius 1 is 1.03 bits per heavy atom. The smallest absolute Gasteiger partial charge is 0.315 e. The minimum Gasteiger partial charge on any atom is -0.488 e. The number of rotatable bonds is 8. The van der Waals surface area contributed by atoms with Gasteiger partial charge in [0.05, 0.1) is 13.1 Å². The van der Waals surface area contributed by atoms with E-state index < -0.39 is 0 Å². The molecule has 1 aliphatic rings. The molecule has 0 saturated carbocycles. The molecule has 3 rings (SSSR count). The molecule has 3 amide bonds. The van der Waals surface area contributed by atoms with Crippen molar-refractivity contribution >= 4 is 11.9 Å². The molecule has 7 heteroatoms. The van der Waals surface area contributed by atoms with Crippen molar-refractivity contribution in [2.45, 2.75) is 32.4 Å². The van der Waals surface area contributed by atoms with E-state index in [2.05, 4.69) is 16.0 Å². The fourth-order valence-corrected chi connectivity index (χ4v) is 3.12. The van der Waals surface area contributed by atoms with E-state index in [9.17, 15) is 9.59 Å². The van der Waals surface area contributed by atoms with Crippen LogP contribution in [0, 0.1) is 0 Å². The van der Waals surface area contributed by atoms with Crippen LogP contribution in [0.4, 0.5) is 4.79 Å². The van der Waals surface area contributed by atoms with Crippen molar-refractivity contribution in [3.63, 3.8) is 0 Å². The van der Waals surface area contributed by atoms with Gasteiger partial charge in [-0.25, -0.2) is 4.79 Å². The molecule has 0 saturated heterocycles. The first-order valence-electron chi connectivity index (χ1n) is 9.69. The van der Waals surface area contributed by atoms with Crippen LogP contribution in [0.3, 0.4) is 0 Å². The first kappa shape index (κ1) is 20.5. The fourth-order valence-electron chi connectivity index (χ4n) is 3.12. The predicted molar refractivity (Wildman–Crippen MR) is 110 cm³/mol. The second-order valence-corrected chi connectivity index (χ2v) is 7.50. The first-order valence-corrected chi connectivity index (χ1v) is 9.69. The average molecular weight is 397 g/mol. The van der Waals surface area contributed by atoms with Crippen molar-refractivity contribution in [3.05, 3.63) is 59.7 Å². The summed E-state index contributed by atoms with van der Waals surface area (Å²) in [6.07, 6.45) is 0.842. The lowest BCUT2D eigenvalue weighted by Crippen LogP contribution is -2.42. The van der Waals surface area contributed by atoms with Crippen molar-refractivity contribution in [1.29, 1.82) is 0 Å². The Hall–Kier alpha value is -3.22. The molecule has 0 unspecified atom stereocenters. The zero-order chi connectivity index (χ0) is 20.7. The molecule has 3 N–H and O–H groups in total. The summed E-state index contributed by atoms with van der Waals surface area (Å²) < 4.78 is 11.7. The van der Waals surface area contributed by atoms with Crippen LogP contribution in [0.25, 0.3) is 0 Å². The van der Waals surface area contributed by atoms with Crippen LogP contribution in [-0.2, 0) is 17.8 Å². The maximum atomic E-state index is 11.9. The Kier molecular flexibility index (Phi) is 6.59. The molecule has 2 aromatic carbocycles. The number of carbonyl (C=O) groups excluding carboxylic acids is 2. The van der Waals surface area contributed by atoms with Crippen LogP contribution in [0.2, 0.25) is 0 Å². The lowest BCUT2D eigenvalue weighted by atomic mass is 10.0. The monoisotopic (exact) mass is 397 g/mol. The number of carbonyl (C=O) groups is 2. The van der Waals surface area contributed by atoms with Crippen LogP contribution in [-0.4, -0.2) is 37.2 Å². The number of para-hydroxylation sites is 1. The van der Waals surface area contributed by atoms with Gasteiger partial charge in [0.2, 0.25) is 5.91 Å². The molecular weight excluding hydrogens is 370 g/mol. The van der Waals surface area contributed by atoms with E-state index >= 15 is 0 Å². The molecule has 2 aromatic rings. The highest BCUT2D eigenvalue weighted by Crippen LogP contribution is 2.41. The van der Waals surface area contributed by atoms with Gasteiger partial charge in [0.25, 0.3) is 0 Å². The lowest BCUT2D eigenvalue weighted by Gasteiger charge is -2.18. The van der Waals surface area contributed by atoms with Gasteiger partial charge in [0, 0.05) is 18.5 Å². The molecule has 0 spiro atoms. The lowest BCUT2D eigenvalue weighted by molar-refractivity contribution is -0.120. The molecule has 0 aliphatic carbocycles. The van der Waals surface area contributed by atoms with E-state index in [1.54, 1.807) is 0 Å². The third-order valence-corrected chi connectivity index (χ3v) is 4.44. The Balaban J connectivity index is 1.32. The largest absolute Gasteiger partial charge is 0.488 e.